The molecule has 1 rings (SSSR count). The molecule has 4 heteroatoms. The largest absolute Gasteiger partial charge is 0.353 e. The van der Waals surface area contributed by atoms with E-state index < -0.39 is 6.04 Å². The second kappa shape index (κ2) is 9.50. The van der Waals surface area contributed by atoms with Gasteiger partial charge in [0, 0.05) is 13.1 Å². The molecule has 0 unspecified atom stereocenters. The molecule has 4 nitrogen and oxygen atoms in total. The topological polar surface area (TPSA) is 58.4 Å². The van der Waals surface area contributed by atoms with Crippen LogP contribution in [0.4, 0.5) is 0 Å². The van der Waals surface area contributed by atoms with Crippen LogP contribution in [0.3, 0.4) is 0 Å². The summed E-state index contributed by atoms with van der Waals surface area (Å²) in [6.45, 7) is 4.73. The van der Waals surface area contributed by atoms with Crippen LogP contribution in [0.2, 0.25) is 0 Å². The summed E-state index contributed by atoms with van der Waals surface area (Å²) in [5.74, 6) is -0.0502. The van der Waals surface area contributed by atoms with E-state index in [1.54, 1.807) is 0 Å². The Hall–Kier alpha value is -1.39. The Balaban J connectivity index is 2.19. The molecule has 1 amide bonds. The molecule has 0 aliphatic heterocycles. The Morgan fingerprint density at radius 2 is 2.00 bits per heavy atom. The van der Waals surface area contributed by atoms with Gasteiger partial charge in [-0.1, -0.05) is 37.3 Å². The lowest BCUT2D eigenvalue weighted by atomic mass is 10.1. The van der Waals surface area contributed by atoms with Gasteiger partial charge in [0.15, 0.2) is 0 Å². The Labute approximate surface area is 122 Å². The van der Waals surface area contributed by atoms with Gasteiger partial charge in [0.25, 0.3) is 0 Å². The molecule has 112 valence electrons. The van der Waals surface area contributed by atoms with Crippen molar-refractivity contribution in [2.75, 3.05) is 26.7 Å². The molecule has 0 saturated heterocycles. The molecule has 1 atom stereocenters. The maximum Gasteiger partial charge on any atom is 0.236 e. The summed E-state index contributed by atoms with van der Waals surface area (Å²) in [4.78, 5) is 14.1. The fraction of sp³-hybridized carbons (Fsp3) is 0.562. The highest BCUT2D eigenvalue weighted by atomic mass is 16.2. The van der Waals surface area contributed by atoms with Crippen molar-refractivity contribution < 1.29 is 4.79 Å². The summed E-state index contributed by atoms with van der Waals surface area (Å²) in [5, 5.41) is 2.90. The molecule has 0 aliphatic carbocycles. The number of carbonyl (C=O) groups is 1. The van der Waals surface area contributed by atoms with Crippen molar-refractivity contribution in [2.24, 2.45) is 5.73 Å². The molecule has 0 spiro atoms. The molecule has 0 bridgehead atoms. The third-order valence-corrected chi connectivity index (χ3v) is 3.32. The number of rotatable bonds is 9. The SMILES string of the molecule is CCCN(C)CCNC(=O)[C@@H](N)CCc1ccccc1. The van der Waals surface area contributed by atoms with Crippen molar-refractivity contribution in [2.45, 2.75) is 32.2 Å². The number of aryl methyl sites for hydroxylation is 1. The van der Waals surface area contributed by atoms with Gasteiger partial charge in [-0.3, -0.25) is 4.79 Å². The lowest BCUT2D eigenvalue weighted by molar-refractivity contribution is -0.122. The minimum absolute atomic E-state index is 0.0502. The molecule has 1 aromatic carbocycles. The summed E-state index contributed by atoms with van der Waals surface area (Å²) in [5.41, 5.74) is 7.14. The van der Waals surface area contributed by atoms with Crippen molar-refractivity contribution >= 4 is 5.91 Å². The van der Waals surface area contributed by atoms with Crippen LogP contribution >= 0.6 is 0 Å². The Kier molecular flexibility index (Phi) is 7.92. The molecule has 0 aliphatic rings. The Morgan fingerprint density at radius 1 is 1.30 bits per heavy atom. The van der Waals surface area contributed by atoms with Gasteiger partial charge in [0.2, 0.25) is 5.91 Å². The van der Waals surface area contributed by atoms with Crippen LogP contribution in [0.25, 0.3) is 0 Å². The number of benzene rings is 1. The molecule has 0 heterocycles. The maximum absolute atomic E-state index is 11.8. The van der Waals surface area contributed by atoms with E-state index in [0.29, 0.717) is 13.0 Å². The fourth-order valence-electron chi connectivity index (χ4n) is 2.09. The smallest absolute Gasteiger partial charge is 0.236 e. The summed E-state index contributed by atoms with van der Waals surface area (Å²) < 4.78 is 0. The van der Waals surface area contributed by atoms with Crippen molar-refractivity contribution in [1.82, 2.24) is 10.2 Å². The quantitative estimate of drug-likeness (QED) is 0.717. The lowest BCUT2D eigenvalue weighted by Crippen LogP contribution is -2.43. The summed E-state index contributed by atoms with van der Waals surface area (Å²) in [6, 6.07) is 9.69. The van der Waals surface area contributed by atoms with Crippen molar-refractivity contribution in [3.05, 3.63) is 35.9 Å². The summed E-state index contributed by atoms with van der Waals surface area (Å²) in [6.07, 6.45) is 2.65. The molecule has 0 aromatic heterocycles. The number of amides is 1. The predicted octanol–water partition coefficient (Wildman–Crippen LogP) is 1.40. The average Bonchev–Trinajstić information content (AvgIpc) is 2.46. The first-order chi connectivity index (χ1) is 9.63. The number of hydrogen-bond acceptors (Lipinski definition) is 3. The van der Waals surface area contributed by atoms with E-state index in [2.05, 4.69) is 36.3 Å². The van der Waals surface area contributed by atoms with Gasteiger partial charge in [-0.25, -0.2) is 0 Å². The van der Waals surface area contributed by atoms with Crippen molar-refractivity contribution in [1.29, 1.82) is 0 Å². The molecular formula is C16H27N3O. The zero-order valence-corrected chi connectivity index (χ0v) is 12.6. The zero-order chi connectivity index (χ0) is 14.8. The lowest BCUT2D eigenvalue weighted by Gasteiger charge is -2.17. The van der Waals surface area contributed by atoms with Crippen LogP contribution in [0.5, 0.6) is 0 Å². The third kappa shape index (κ3) is 6.68. The number of nitrogens with zero attached hydrogens (tertiary/aromatic N) is 1. The van der Waals surface area contributed by atoms with Gasteiger partial charge in [-0.2, -0.15) is 0 Å². The number of hydrogen-bond donors (Lipinski definition) is 2. The van der Waals surface area contributed by atoms with Gasteiger partial charge in [-0.05, 0) is 38.4 Å². The van der Waals surface area contributed by atoms with Gasteiger partial charge in [0.05, 0.1) is 6.04 Å². The monoisotopic (exact) mass is 277 g/mol. The van der Waals surface area contributed by atoms with Crippen molar-refractivity contribution in [3.8, 4) is 0 Å². The van der Waals surface area contributed by atoms with Crippen LogP contribution in [-0.4, -0.2) is 43.5 Å². The standard InChI is InChI=1S/C16H27N3O/c1-3-12-19(2)13-11-18-16(20)15(17)10-9-14-7-5-4-6-8-14/h4-8,15H,3,9-13,17H2,1-2H3,(H,18,20)/t15-/m0/s1. The molecular weight excluding hydrogens is 250 g/mol. The number of nitrogens with two attached hydrogens (primary N) is 1. The molecule has 0 fully saturated rings. The van der Waals surface area contributed by atoms with E-state index in [9.17, 15) is 4.79 Å². The minimum atomic E-state index is -0.424. The van der Waals surface area contributed by atoms with E-state index in [-0.39, 0.29) is 5.91 Å². The number of likely N-dealkylation sites (N-methyl/N-ethyl adjacent to an activating group) is 1. The molecule has 1 aromatic rings. The molecule has 3 N–H and O–H groups in total. The van der Waals surface area contributed by atoms with E-state index >= 15 is 0 Å². The van der Waals surface area contributed by atoms with Crippen molar-refractivity contribution in [3.63, 3.8) is 0 Å². The van der Waals surface area contributed by atoms with E-state index in [1.807, 2.05) is 18.2 Å². The maximum atomic E-state index is 11.8. The number of nitrogens with one attached hydrogen (secondary N) is 1. The van der Waals surface area contributed by atoms with Crippen LogP contribution in [-0.2, 0) is 11.2 Å². The van der Waals surface area contributed by atoms with Gasteiger partial charge in [-0.15, -0.1) is 0 Å². The Morgan fingerprint density at radius 3 is 2.65 bits per heavy atom. The second-order valence-corrected chi connectivity index (χ2v) is 5.23. The first kappa shape index (κ1) is 16.7. The molecule has 0 saturated carbocycles. The minimum Gasteiger partial charge on any atom is -0.353 e. The summed E-state index contributed by atoms with van der Waals surface area (Å²) >= 11 is 0. The first-order valence-corrected chi connectivity index (χ1v) is 7.39. The predicted molar refractivity (Wildman–Crippen MR) is 83.5 cm³/mol. The second-order valence-electron chi connectivity index (χ2n) is 5.23. The van der Waals surface area contributed by atoms with Gasteiger partial charge < -0.3 is 16.0 Å². The van der Waals surface area contributed by atoms with Crippen LogP contribution in [0.1, 0.15) is 25.3 Å². The highest BCUT2D eigenvalue weighted by Crippen LogP contribution is 2.03. The molecule has 20 heavy (non-hydrogen) atoms. The number of carbonyl (C=O) groups excluding carboxylic acids is 1. The third-order valence-electron chi connectivity index (χ3n) is 3.32. The van der Waals surface area contributed by atoms with Crippen LogP contribution in [0, 0.1) is 0 Å². The average molecular weight is 277 g/mol. The highest BCUT2D eigenvalue weighted by molar-refractivity contribution is 5.81. The Bertz CT molecular complexity index is 381. The molecule has 0 radical (unpaired) electrons. The normalized spacial score (nSPS) is 12.4. The van der Waals surface area contributed by atoms with Crippen LogP contribution < -0.4 is 11.1 Å². The van der Waals surface area contributed by atoms with Gasteiger partial charge in [0.1, 0.15) is 0 Å². The fourth-order valence-corrected chi connectivity index (χ4v) is 2.09. The van der Waals surface area contributed by atoms with E-state index in [1.165, 1.54) is 5.56 Å². The summed E-state index contributed by atoms with van der Waals surface area (Å²) in [7, 11) is 2.06. The van der Waals surface area contributed by atoms with E-state index in [4.69, 9.17) is 5.73 Å². The van der Waals surface area contributed by atoms with E-state index in [0.717, 1.165) is 25.9 Å². The van der Waals surface area contributed by atoms with Gasteiger partial charge >= 0.3 is 0 Å². The highest BCUT2D eigenvalue weighted by Gasteiger charge is 2.12. The zero-order valence-electron chi connectivity index (χ0n) is 12.6. The van der Waals surface area contributed by atoms with Crippen LogP contribution in [0.15, 0.2) is 30.3 Å². The first-order valence-electron chi connectivity index (χ1n) is 7.39.